The molecule has 3 rings (SSSR count). The Kier molecular flexibility index (Phi) is 4.41. The summed E-state index contributed by atoms with van der Waals surface area (Å²) in [4.78, 5) is 0.333. The van der Waals surface area contributed by atoms with Crippen molar-refractivity contribution >= 4 is 10.0 Å². The van der Waals surface area contributed by atoms with E-state index in [1.807, 2.05) is 19.1 Å². The fourth-order valence-electron chi connectivity index (χ4n) is 2.86. The van der Waals surface area contributed by atoms with Crippen LogP contribution in [-0.2, 0) is 10.0 Å². The van der Waals surface area contributed by atoms with Gasteiger partial charge in [0.1, 0.15) is 5.75 Å². The highest BCUT2D eigenvalue weighted by Crippen LogP contribution is 2.28. The number of aromatic hydroxyl groups is 1. The number of aryl methyl sites for hydroxylation is 1. The smallest absolute Gasteiger partial charge is 0.243 e. The van der Waals surface area contributed by atoms with Gasteiger partial charge < -0.3 is 5.11 Å². The van der Waals surface area contributed by atoms with Gasteiger partial charge in [-0.25, -0.2) is 8.42 Å². The summed E-state index contributed by atoms with van der Waals surface area (Å²) in [6.45, 7) is 3.05. The molecular formula is C18H21NO3S. The molecule has 1 heterocycles. The molecule has 0 aliphatic carbocycles. The lowest BCUT2D eigenvalue weighted by molar-refractivity contribution is 0.346. The Morgan fingerprint density at radius 1 is 0.913 bits per heavy atom. The second-order valence-corrected chi connectivity index (χ2v) is 7.93. The molecule has 122 valence electrons. The van der Waals surface area contributed by atoms with Gasteiger partial charge in [0.2, 0.25) is 10.0 Å². The molecule has 1 aliphatic rings. The molecule has 0 radical (unpaired) electrons. The fourth-order valence-corrected chi connectivity index (χ4v) is 4.38. The molecule has 0 atom stereocenters. The van der Waals surface area contributed by atoms with Gasteiger partial charge in [-0.15, -0.1) is 0 Å². The number of phenols is 1. The van der Waals surface area contributed by atoms with Gasteiger partial charge in [-0.1, -0.05) is 30.7 Å². The summed E-state index contributed by atoms with van der Waals surface area (Å²) in [5, 5.41) is 9.81. The number of benzene rings is 2. The molecule has 2 aromatic rings. The first-order valence-corrected chi connectivity index (χ1v) is 9.33. The van der Waals surface area contributed by atoms with E-state index in [1.54, 1.807) is 34.6 Å². The van der Waals surface area contributed by atoms with Crippen LogP contribution in [0.25, 0.3) is 11.1 Å². The molecule has 0 aromatic heterocycles. The summed E-state index contributed by atoms with van der Waals surface area (Å²) in [6.07, 6.45) is 2.96. The van der Waals surface area contributed by atoms with Gasteiger partial charge in [0, 0.05) is 13.1 Å². The van der Waals surface area contributed by atoms with Crippen LogP contribution in [0.4, 0.5) is 0 Å². The number of phenolic OH excluding ortho intramolecular Hbond substituents is 1. The average Bonchev–Trinajstić information content (AvgIpc) is 2.58. The lowest BCUT2D eigenvalue weighted by Crippen LogP contribution is -2.35. The lowest BCUT2D eigenvalue weighted by atomic mass is 10.0. The predicted octanol–water partition coefficient (Wildman–Crippen LogP) is 3.54. The van der Waals surface area contributed by atoms with E-state index in [9.17, 15) is 13.5 Å². The molecule has 23 heavy (non-hydrogen) atoms. The monoisotopic (exact) mass is 331 g/mol. The highest BCUT2D eigenvalue weighted by Gasteiger charge is 2.25. The third kappa shape index (κ3) is 3.26. The van der Waals surface area contributed by atoms with E-state index in [0.29, 0.717) is 18.0 Å². The van der Waals surface area contributed by atoms with Gasteiger partial charge in [-0.05, 0) is 54.7 Å². The van der Waals surface area contributed by atoms with Crippen LogP contribution in [0.1, 0.15) is 24.8 Å². The Hall–Kier alpha value is -1.85. The Bertz CT molecular complexity index is 792. The van der Waals surface area contributed by atoms with E-state index in [1.165, 1.54) is 0 Å². The standard InChI is InChI=1S/C18H21NO3S/c1-14-5-6-16(13-18(14)20)15-7-9-17(10-8-15)23(21,22)19-11-3-2-4-12-19/h5-10,13,20H,2-4,11-12H2,1H3. The van der Waals surface area contributed by atoms with Crippen molar-refractivity contribution in [2.75, 3.05) is 13.1 Å². The van der Waals surface area contributed by atoms with Crippen molar-refractivity contribution in [3.05, 3.63) is 48.0 Å². The van der Waals surface area contributed by atoms with E-state index in [-0.39, 0.29) is 5.75 Å². The van der Waals surface area contributed by atoms with Crippen LogP contribution < -0.4 is 0 Å². The van der Waals surface area contributed by atoms with Gasteiger partial charge in [0.25, 0.3) is 0 Å². The zero-order chi connectivity index (χ0) is 16.4. The summed E-state index contributed by atoms with van der Waals surface area (Å²) >= 11 is 0. The van der Waals surface area contributed by atoms with Crippen molar-refractivity contribution < 1.29 is 13.5 Å². The summed E-state index contributed by atoms with van der Waals surface area (Å²) < 4.78 is 26.8. The maximum Gasteiger partial charge on any atom is 0.243 e. The second kappa shape index (κ2) is 6.34. The minimum absolute atomic E-state index is 0.243. The molecule has 0 spiro atoms. The highest BCUT2D eigenvalue weighted by atomic mass is 32.2. The van der Waals surface area contributed by atoms with Gasteiger partial charge in [-0.3, -0.25) is 0 Å². The van der Waals surface area contributed by atoms with Crippen molar-refractivity contribution in [3.63, 3.8) is 0 Å². The Morgan fingerprint density at radius 3 is 2.13 bits per heavy atom. The minimum atomic E-state index is -3.39. The van der Waals surface area contributed by atoms with Crippen LogP contribution in [0.15, 0.2) is 47.4 Å². The van der Waals surface area contributed by atoms with E-state index in [0.717, 1.165) is 36.0 Å². The van der Waals surface area contributed by atoms with Crippen LogP contribution in [0.2, 0.25) is 0 Å². The maximum absolute atomic E-state index is 12.6. The second-order valence-electron chi connectivity index (χ2n) is 5.99. The SMILES string of the molecule is Cc1ccc(-c2ccc(S(=O)(=O)N3CCCCC3)cc2)cc1O. The van der Waals surface area contributed by atoms with E-state index in [4.69, 9.17) is 0 Å². The Morgan fingerprint density at radius 2 is 1.52 bits per heavy atom. The zero-order valence-corrected chi connectivity index (χ0v) is 14.0. The molecule has 5 heteroatoms. The minimum Gasteiger partial charge on any atom is -0.508 e. The van der Waals surface area contributed by atoms with E-state index < -0.39 is 10.0 Å². The van der Waals surface area contributed by atoms with Gasteiger partial charge in [0.15, 0.2) is 0 Å². The molecule has 1 N–H and O–H groups in total. The van der Waals surface area contributed by atoms with E-state index >= 15 is 0 Å². The quantitative estimate of drug-likeness (QED) is 0.936. The van der Waals surface area contributed by atoms with Crippen LogP contribution >= 0.6 is 0 Å². The van der Waals surface area contributed by atoms with Gasteiger partial charge >= 0.3 is 0 Å². The number of hydrogen-bond donors (Lipinski definition) is 1. The van der Waals surface area contributed by atoms with Gasteiger partial charge in [-0.2, -0.15) is 4.31 Å². The normalized spacial score (nSPS) is 16.4. The first-order valence-electron chi connectivity index (χ1n) is 7.89. The molecular weight excluding hydrogens is 310 g/mol. The van der Waals surface area contributed by atoms with Gasteiger partial charge in [0.05, 0.1) is 4.90 Å². The predicted molar refractivity (Wildman–Crippen MR) is 90.9 cm³/mol. The molecule has 1 aliphatic heterocycles. The fraction of sp³-hybridized carbons (Fsp3) is 0.333. The van der Waals surface area contributed by atoms with Crippen LogP contribution in [0, 0.1) is 6.92 Å². The summed E-state index contributed by atoms with van der Waals surface area (Å²) in [6, 6.07) is 12.4. The maximum atomic E-state index is 12.6. The molecule has 2 aromatic carbocycles. The van der Waals surface area contributed by atoms with Crippen LogP contribution in [0.5, 0.6) is 5.75 Å². The van der Waals surface area contributed by atoms with Crippen LogP contribution in [-0.4, -0.2) is 30.9 Å². The number of hydrogen-bond acceptors (Lipinski definition) is 3. The highest BCUT2D eigenvalue weighted by molar-refractivity contribution is 7.89. The largest absolute Gasteiger partial charge is 0.508 e. The molecule has 0 saturated carbocycles. The van der Waals surface area contributed by atoms with Crippen molar-refractivity contribution in [2.45, 2.75) is 31.1 Å². The number of sulfonamides is 1. The van der Waals surface area contributed by atoms with Crippen molar-refractivity contribution in [2.24, 2.45) is 0 Å². The molecule has 1 saturated heterocycles. The number of rotatable bonds is 3. The average molecular weight is 331 g/mol. The molecule has 0 unspecified atom stereocenters. The topological polar surface area (TPSA) is 57.6 Å². The summed E-state index contributed by atoms with van der Waals surface area (Å²) in [7, 11) is -3.39. The molecule has 4 nitrogen and oxygen atoms in total. The van der Waals surface area contributed by atoms with Crippen molar-refractivity contribution in [1.82, 2.24) is 4.31 Å². The molecule has 0 amide bonds. The first-order chi connectivity index (χ1) is 11.0. The first kappa shape index (κ1) is 16.0. The summed E-state index contributed by atoms with van der Waals surface area (Å²) in [5.41, 5.74) is 2.57. The number of nitrogens with zero attached hydrogens (tertiary/aromatic N) is 1. The van der Waals surface area contributed by atoms with Crippen molar-refractivity contribution in [3.8, 4) is 16.9 Å². The third-order valence-electron chi connectivity index (χ3n) is 4.35. The van der Waals surface area contributed by atoms with Crippen LogP contribution in [0.3, 0.4) is 0 Å². The molecule has 1 fully saturated rings. The van der Waals surface area contributed by atoms with E-state index in [2.05, 4.69) is 0 Å². The Balaban J connectivity index is 1.88. The summed E-state index contributed by atoms with van der Waals surface area (Å²) in [5.74, 6) is 0.243. The molecule has 0 bridgehead atoms. The third-order valence-corrected chi connectivity index (χ3v) is 6.26. The Labute approximate surface area is 137 Å². The zero-order valence-electron chi connectivity index (χ0n) is 13.2. The number of piperidine rings is 1. The lowest BCUT2D eigenvalue weighted by Gasteiger charge is -2.25. The van der Waals surface area contributed by atoms with Crippen molar-refractivity contribution in [1.29, 1.82) is 0 Å².